The van der Waals surface area contributed by atoms with Crippen LogP contribution in [-0.2, 0) is 11.2 Å². The summed E-state index contributed by atoms with van der Waals surface area (Å²) in [5.41, 5.74) is 2.66. The molecule has 1 atom stereocenters. The first-order valence-electron chi connectivity index (χ1n) is 8.22. The largest absolute Gasteiger partial charge is 0.461 e. The van der Waals surface area contributed by atoms with Crippen LogP contribution in [0.2, 0.25) is 0 Å². The number of benzene rings is 1. The van der Waals surface area contributed by atoms with E-state index in [-0.39, 0.29) is 31.4 Å². The number of aromatic nitrogens is 4. The lowest BCUT2D eigenvalue weighted by atomic mass is 10.0. The fraction of sp³-hybridized carbons (Fsp3) is 0.333. The highest BCUT2D eigenvalue weighted by Crippen LogP contribution is 2.24. The fourth-order valence-corrected chi connectivity index (χ4v) is 2.82. The van der Waals surface area contributed by atoms with Crippen molar-refractivity contribution >= 4 is 16.9 Å². The van der Waals surface area contributed by atoms with Gasteiger partial charge < -0.3 is 9.84 Å². The van der Waals surface area contributed by atoms with Crippen molar-refractivity contribution in [2.45, 2.75) is 26.3 Å². The molecule has 3 aromatic rings. The number of pyridine rings is 1. The molecule has 7 heteroatoms. The lowest BCUT2D eigenvalue weighted by Gasteiger charge is -2.16. The zero-order valence-corrected chi connectivity index (χ0v) is 14.2. The Morgan fingerprint density at radius 3 is 2.96 bits per heavy atom. The van der Waals surface area contributed by atoms with Crippen LogP contribution in [0.4, 0.5) is 0 Å². The number of aliphatic hydroxyl groups is 1. The van der Waals surface area contributed by atoms with E-state index in [1.807, 2.05) is 37.3 Å². The Hall–Kier alpha value is -2.80. The molecule has 3 rings (SSSR count). The number of fused-ring (bicyclic) bond motifs is 1. The summed E-state index contributed by atoms with van der Waals surface area (Å²) in [6, 6.07) is 9.72. The van der Waals surface area contributed by atoms with Crippen molar-refractivity contribution in [3.05, 3.63) is 53.5 Å². The molecule has 0 spiro atoms. The summed E-state index contributed by atoms with van der Waals surface area (Å²) in [5, 5.41) is 18.5. The molecule has 0 aliphatic rings. The molecule has 130 valence electrons. The Morgan fingerprint density at radius 1 is 1.36 bits per heavy atom. The van der Waals surface area contributed by atoms with Crippen LogP contribution in [0, 0.1) is 0 Å². The monoisotopic (exact) mass is 340 g/mol. The van der Waals surface area contributed by atoms with Gasteiger partial charge in [-0.1, -0.05) is 17.3 Å². The molecule has 1 aromatic carbocycles. The average Bonchev–Trinajstić information content (AvgIpc) is 3.05. The van der Waals surface area contributed by atoms with E-state index in [1.165, 1.54) is 0 Å². The highest BCUT2D eigenvalue weighted by Gasteiger charge is 2.23. The molecular formula is C18H20N4O3. The molecule has 25 heavy (non-hydrogen) atoms. The number of aliphatic hydroxyl groups excluding tert-OH is 1. The summed E-state index contributed by atoms with van der Waals surface area (Å²) >= 11 is 0. The number of esters is 1. The van der Waals surface area contributed by atoms with Crippen LogP contribution in [0.1, 0.15) is 41.6 Å². The topological polar surface area (TPSA) is 90.1 Å². The highest BCUT2D eigenvalue weighted by atomic mass is 16.5. The van der Waals surface area contributed by atoms with Gasteiger partial charge in [-0.25, -0.2) is 9.48 Å². The summed E-state index contributed by atoms with van der Waals surface area (Å²) in [5.74, 6) is -0.521. The maximum atomic E-state index is 12.1. The van der Waals surface area contributed by atoms with E-state index in [0.29, 0.717) is 5.69 Å². The van der Waals surface area contributed by atoms with Crippen LogP contribution in [0.3, 0.4) is 0 Å². The smallest absolute Gasteiger partial charge is 0.360 e. The van der Waals surface area contributed by atoms with E-state index in [0.717, 1.165) is 16.5 Å². The van der Waals surface area contributed by atoms with E-state index < -0.39 is 5.97 Å². The van der Waals surface area contributed by atoms with Crippen molar-refractivity contribution in [1.82, 2.24) is 20.0 Å². The lowest BCUT2D eigenvalue weighted by Crippen LogP contribution is -2.16. The molecule has 2 heterocycles. The van der Waals surface area contributed by atoms with Crippen LogP contribution in [-0.4, -0.2) is 44.3 Å². The molecule has 0 radical (unpaired) electrons. The molecule has 0 aliphatic heterocycles. The van der Waals surface area contributed by atoms with Gasteiger partial charge in [0.15, 0.2) is 5.69 Å². The summed E-state index contributed by atoms with van der Waals surface area (Å²) < 4.78 is 6.69. The van der Waals surface area contributed by atoms with E-state index in [2.05, 4.69) is 15.3 Å². The number of hydrogen-bond donors (Lipinski definition) is 1. The number of nitrogens with zero attached hydrogens (tertiary/aromatic N) is 4. The summed E-state index contributed by atoms with van der Waals surface area (Å²) in [6.45, 7) is 3.87. The van der Waals surface area contributed by atoms with Crippen LogP contribution < -0.4 is 0 Å². The minimum atomic E-state index is -0.521. The SMILES string of the molecule is CCOC(=O)c1nnn(C(C)c2ccc3ncccc3c2)c1CCO. The number of rotatable bonds is 6. The predicted molar refractivity (Wildman–Crippen MR) is 92.3 cm³/mol. The van der Waals surface area contributed by atoms with Gasteiger partial charge in [0, 0.05) is 24.6 Å². The third-order valence-corrected chi connectivity index (χ3v) is 4.08. The molecule has 0 bridgehead atoms. The molecule has 0 aliphatic carbocycles. The normalized spacial score (nSPS) is 12.3. The zero-order valence-electron chi connectivity index (χ0n) is 14.2. The molecule has 0 amide bonds. The van der Waals surface area contributed by atoms with Gasteiger partial charge in [0.25, 0.3) is 0 Å². The molecule has 1 unspecified atom stereocenters. The molecule has 7 nitrogen and oxygen atoms in total. The average molecular weight is 340 g/mol. The maximum Gasteiger partial charge on any atom is 0.360 e. The van der Waals surface area contributed by atoms with Gasteiger partial charge in [0.2, 0.25) is 0 Å². The Bertz CT molecular complexity index is 891. The van der Waals surface area contributed by atoms with Gasteiger partial charge in [-0.05, 0) is 37.6 Å². The van der Waals surface area contributed by atoms with Gasteiger partial charge >= 0.3 is 5.97 Å². The first-order chi connectivity index (χ1) is 12.2. The second kappa shape index (κ2) is 7.40. The van der Waals surface area contributed by atoms with E-state index in [1.54, 1.807) is 17.8 Å². The van der Waals surface area contributed by atoms with E-state index >= 15 is 0 Å². The highest BCUT2D eigenvalue weighted by molar-refractivity contribution is 5.88. The van der Waals surface area contributed by atoms with Crippen molar-refractivity contribution < 1.29 is 14.6 Å². The van der Waals surface area contributed by atoms with Crippen molar-refractivity contribution in [3.63, 3.8) is 0 Å². The van der Waals surface area contributed by atoms with Crippen LogP contribution in [0.15, 0.2) is 36.5 Å². The minimum Gasteiger partial charge on any atom is -0.461 e. The third-order valence-electron chi connectivity index (χ3n) is 4.08. The Kier molecular flexibility index (Phi) is 5.04. The Labute approximate surface area is 145 Å². The second-order valence-corrected chi connectivity index (χ2v) is 5.65. The van der Waals surface area contributed by atoms with Crippen LogP contribution >= 0.6 is 0 Å². The Balaban J connectivity index is 2.00. The fourth-order valence-electron chi connectivity index (χ4n) is 2.82. The minimum absolute atomic E-state index is 0.103. The predicted octanol–water partition coefficient (Wildman–Crippen LogP) is 2.15. The molecule has 0 saturated heterocycles. The quantitative estimate of drug-likeness (QED) is 0.692. The Morgan fingerprint density at radius 2 is 2.20 bits per heavy atom. The summed E-state index contributed by atoms with van der Waals surface area (Å²) in [6.07, 6.45) is 2.04. The van der Waals surface area contributed by atoms with Crippen molar-refractivity contribution in [1.29, 1.82) is 0 Å². The number of ether oxygens (including phenoxy) is 1. The van der Waals surface area contributed by atoms with E-state index in [4.69, 9.17) is 4.74 Å². The maximum absolute atomic E-state index is 12.1. The standard InChI is InChI=1S/C18H20N4O3/c1-3-25-18(24)17-16(8-10-23)22(21-20-17)12(2)13-6-7-15-14(11-13)5-4-9-19-15/h4-7,9,11-12,23H,3,8,10H2,1-2H3. The van der Waals surface area contributed by atoms with Crippen LogP contribution in [0.25, 0.3) is 10.9 Å². The number of hydrogen-bond acceptors (Lipinski definition) is 6. The summed E-state index contributed by atoms with van der Waals surface area (Å²) in [7, 11) is 0. The van der Waals surface area contributed by atoms with Crippen molar-refractivity contribution in [2.24, 2.45) is 0 Å². The summed E-state index contributed by atoms with van der Waals surface area (Å²) in [4.78, 5) is 16.4. The zero-order chi connectivity index (χ0) is 17.8. The van der Waals surface area contributed by atoms with Gasteiger partial charge in [-0.3, -0.25) is 4.98 Å². The van der Waals surface area contributed by atoms with Crippen LogP contribution in [0.5, 0.6) is 0 Å². The van der Waals surface area contributed by atoms with Gasteiger partial charge in [0.1, 0.15) is 0 Å². The third kappa shape index (κ3) is 3.36. The second-order valence-electron chi connectivity index (χ2n) is 5.65. The van der Waals surface area contributed by atoms with E-state index in [9.17, 15) is 9.90 Å². The van der Waals surface area contributed by atoms with Gasteiger partial charge in [-0.2, -0.15) is 0 Å². The molecule has 2 aromatic heterocycles. The molecule has 1 N–H and O–H groups in total. The number of carbonyl (C=O) groups excluding carboxylic acids is 1. The van der Waals surface area contributed by atoms with Crippen molar-refractivity contribution in [3.8, 4) is 0 Å². The van der Waals surface area contributed by atoms with Gasteiger partial charge in [0.05, 0.1) is 23.9 Å². The van der Waals surface area contributed by atoms with Gasteiger partial charge in [-0.15, -0.1) is 5.10 Å². The molecule has 0 saturated carbocycles. The first kappa shape index (κ1) is 17.0. The lowest BCUT2D eigenvalue weighted by molar-refractivity contribution is 0.0517. The first-order valence-corrected chi connectivity index (χ1v) is 8.22. The van der Waals surface area contributed by atoms with Crippen molar-refractivity contribution in [2.75, 3.05) is 13.2 Å². The molecule has 0 fully saturated rings. The molecular weight excluding hydrogens is 320 g/mol. The number of carbonyl (C=O) groups is 1.